The highest BCUT2D eigenvalue weighted by atomic mass is 32.2. The van der Waals surface area contributed by atoms with Crippen LogP contribution < -0.4 is 9.56 Å². The summed E-state index contributed by atoms with van der Waals surface area (Å²) in [5, 5.41) is 4.36. The van der Waals surface area contributed by atoms with E-state index in [1.54, 1.807) is 17.0 Å². The first kappa shape index (κ1) is 21.4. The standard InChI is InChI=1S/C23H27N3O4S/c1-31(28,29)25-20-12-6-5-9-18(20)17-26-16-15-23(13-7-8-14-23)21(22(26)27)24-30-19-10-3-2-4-11-19/h2-6,9-12,25H,7-8,13-17H2,1H3/b24-21-. The van der Waals surface area contributed by atoms with Gasteiger partial charge in [-0.3, -0.25) is 9.52 Å². The molecule has 1 saturated heterocycles. The molecule has 0 radical (unpaired) electrons. The first-order valence-electron chi connectivity index (χ1n) is 10.5. The molecular formula is C23H27N3O4S. The van der Waals surface area contributed by atoms with Gasteiger partial charge in [0.1, 0.15) is 0 Å². The highest BCUT2D eigenvalue weighted by Gasteiger charge is 2.47. The summed E-state index contributed by atoms with van der Waals surface area (Å²) in [6.45, 7) is 0.911. The summed E-state index contributed by atoms with van der Waals surface area (Å²) in [7, 11) is -3.42. The van der Waals surface area contributed by atoms with Gasteiger partial charge in [-0.1, -0.05) is 54.4 Å². The number of hydrogen-bond acceptors (Lipinski definition) is 5. The molecule has 0 aromatic heterocycles. The van der Waals surface area contributed by atoms with Crippen LogP contribution >= 0.6 is 0 Å². The summed E-state index contributed by atoms with van der Waals surface area (Å²) in [6, 6.07) is 16.4. The number of hydrogen-bond donors (Lipinski definition) is 1. The number of nitrogens with one attached hydrogen (secondary N) is 1. The van der Waals surface area contributed by atoms with E-state index in [-0.39, 0.29) is 11.3 Å². The highest BCUT2D eigenvalue weighted by molar-refractivity contribution is 7.92. The third-order valence-electron chi connectivity index (χ3n) is 6.07. The van der Waals surface area contributed by atoms with E-state index in [2.05, 4.69) is 9.88 Å². The molecule has 0 atom stereocenters. The Morgan fingerprint density at radius 1 is 1.03 bits per heavy atom. The molecule has 2 aromatic rings. The van der Waals surface area contributed by atoms with Crippen LogP contribution in [-0.4, -0.2) is 37.7 Å². The fraction of sp³-hybridized carbons (Fsp3) is 0.391. The fourth-order valence-electron chi connectivity index (χ4n) is 4.51. The molecule has 0 bridgehead atoms. The third-order valence-corrected chi connectivity index (χ3v) is 6.66. The van der Waals surface area contributed by atoms with E-state index in [1.807, 2.05) is 42.5 Å². The van der Waals surface area contributed by atoms with Crippen LogP contribution in [0.2, 0.25) is 0 Å². The number of likely N-dealkylation sites (tertiary alicyclic amines) is 1. The number of amides is 1. The Morgan fingerprint density at radius 3 is 2.42 bits per heavy atom. The van der Waals surface area contributed by atoms with Crippen molar-refractivity contribution >= 4 is 27.3 Å². The van der Waals surface area contributed by atoms with E-state index in [1.165, 1.54) is 0 Å². The van der Waals surface area contributed by atoms with Crippen LogP contribution in [0.5, 0.6) is 5.75 Å². The van der Waals surface area contributed by atoms with E-state index in [4.69, 9.17) is 4.84 Å². The number of benzene rings is 2. The number of carbonyl (C=O) groups excluding carboxylic acids is 1. The summed E-state index contributed by atoms with van der Waals surface area (Å²) in [5.74, 6) is 0.453. The van der Waals surface area contributed by atoms with Crippen molar-refractivity contribution in [3.8, 4) is 5.75 Å². The second-order valence-electron chi connectivity index (χ2n) is 8.34. The predicted molar refractivity (Wildman–Crippen MR) is 120 cm³/mol. The number of carbonyl (C=O) groups is 1. The molecule has 1 spiro atoms. The number of para-hydroxylation sites is 2. The second kappa shape index (κ2) is 8.70. The molecule has 164 valence electrons. The van der Waals surface area contributed by atoms with Gasteiger partial charge in [-0.05, 0) is 43.0 Å². The Hall–Kier alpha value is -2.87. The van der Waals surface area contributed by atoms with Gasteiger partial charge in [-0.15, -0.1) is 0 Å². The average molecular weight is 442 g/mol. The van der Waals surface area contributed by atoms with E-state index in [0.717, 1.165) is 43.9 Å². The van der Waals surface area contributed by atoms with Gasteiger partial charge in [-0.2, -0.15) is 0 Å². The van der Waals surface area contributed by atoms with Crippen LogP contribution in [0, 0.1) is 5.41 Å². The van der Waals surface area contributed by atoms with Gasteiger partial charge in [0.25, 0.3) is 5.91 Å². The Kier molecular flexibility index (Phi) is 6.00. The largest absolute Gasteiger partial charge is 0.357 e. The molecular weight excluding hydrogens is 414 g/mol. The molecule has 2 fully saturated rings. The first-order valence-corrected chi connectivity index (χ1v) is 12.4. The second-order valence-corrected chi connectivity index (χ2v) is 10.1. The highest BCUT2D eigenvalue weighted by Crippen LogP contribution is 2.45. The van der Waals surface area contributed by atoms with Crippen LogP contribution in [0.3, 0.4) is 0 Å². The average Bonchev–Trinajstić information content (AvgIpc) is 3.20. The lowest BCUT2D eigenvalue weighted by Gasteiger charge is -2.39. The molecule has 2 aromatic carbocycles. The van der Waals surface area contributed by atoms with Crippen molar-refractivity contribution in [3.05, 3.63) is 60.2 Å². The number of oxime groups is 1. The van der Waals surface area contributed by atoms with Crippen molar-refractivity contribution in [2.45, 2.75) is 38.6 Å². The normalized spacial score (nSPS) is 19.7. The molecule has 2 aliphatic rings. The van der Waals surface area contributed by atoms with E-state index in [9.17, 15) is 13.2 Å². The molecule has 8 heteroatoms. The first-order chi connectivity index (χ1) is 14.9. The number of sulfonamides is 1. The van der Waals surface area contributed by atoms with Crippen molar-refractivity contribution in [3.63, 3.8) is 0 Å². The zero-order chi connectivity index (χ0) is 21.9. The maximum Gasteiger partial charge on any atom is 0.272 e. The fourth-order valence-corrected chi connectivity index (χ4v) is 5.11. The smallest absolute Gasteiger partial charge is 0.272 e. The lowest BCUT2D eigenvalue weighted by atomic mass is 9.75. The topological polar surface area (TPSA) is 88.1 Å². The van der Waals surface area contributed by atoms with Gasteiger partial charge in [-0.25, -0.2) is 8.42 Å². The maximum absolute atomic E-state index is 13.5. The zero-order valence-electron chi connectivity index (χ0n) is 17.6. The molecule has 1 aliphatic heterocycles. The number of anilines is 1. The Labute approximate surface area is 183 Å². The zero-order valence-corrected chi connectivity index (χ0v) is 18.4. The molecule has 1 aliphatic carbocycles. The van der Waals surface area contributed by atoms with Crippen molar-refractivity contribution in [1.82, 2.24) is 4.90 Å². The summed E-state index contributed by atoms with van der Waals surface area (Å²) < 4.78 is 26.0. The summed E-state index contributed by atoms with van der Waals surface area (Å²) in [5.41, 5.74) is 1.48. The van der Waals surface area contributed by atoms with Gasteiger partial charge in [0.05, 0.1) is 11.9 Å². The number of rotatable bonds is 6. The monoisotopic (exact) mass is 441 g/mol. The minimum absolute atomic E-state index is 0.141. The Balaban J connectivity index is 1.59. The number of nitrogens with zero attached hydrogens (tertiary/aromatic N) is 2. The maximum atomic E-state index is 13.5. The third kappa shape index (κ3) is 4.90. The van der Waals surface area contributed by atoms with Crippen LogP contribution in [0.4, 0.5) is 5.69 Å². The Morgan fingerprint density at radius 2 is 1.71 bits per heavy atom. The van der Waals surface area contributed by atoms with Crippen LogP contribution in [-0.2, 0) is 21.4 Å². The van der Waals surface area contributed by atoms with E-state index < -0.39 is 10.0 Å². The van der Waals surface area contributed by atoms with E-state index >= 15 is 0 Å². The van der Waals surface area contributed by atoms with Crippen molar-refractivity contribution in [1.29, 1.82) is 0 Å². The quantitative estimate of drug-likeness (QED) is 0.691. The summed E-state index contributed by atoms with van der Waals surface area (Å²) in [6.07, 6.45) is 5.99. The van der Waals surface area contributed by atoms with Gasteiger partial charge >= 0.3 is 0 Å². The summed E-state index contributed by atoms with van der Waals surface area (Å²) >= 11 is 0. The van der Waals surface area contributed by atoms with Crippen LogP contribution in [0.25, 0.3) is 0 Å². The SMILES string of the molecule is CS(=O)(=O)Nc1ccccc1CN1CCC2(CCCC2)/C(=N\Oc2ccccc2)C1=O. The molecule has 1 amide bonds. The summed E-state index contributed by atoms with van der Waals surface area (Å²) in [4.78, 5) is 20.9. The van der Waals surface area contributed by atoms with Crippen molar-refractivity contribution in [2.24, 2.45) is 10.6 Å². The lowest BCUT2D eigenvalue weighted by Crippen LogP contribution is -2.51. The molecule has 4 rings (SSSR count). The molecule has 1 N–H and O–H groups in total. The van der Waals surface area contributed by atoms with Crippen molar-refractivity contribution < 1.29 is 18.0 Å². The van der Waals surface area contributed by atoms with Gasteiger partial charge in [0.2, 0.25) is 10.0 Å². The van der Waals surface area contributed by atoms with Crippen molar-refractivity contribution in [2.75, 3.05) is 17.5 Å². The minimum atomic E-state index is -3.42. The van der Waals surface area contributed by atoms with Crippen LogP contribution in [0.15, 0.2) is 59.8 Å². The molecule has 31 heavy (non-hydrogen) atoms. The lowest BCUT2D eigenvalue weighted by molar-refractivity contribution is -0.127. The Bertz CT molecular complexity index is 1080. The van der Waals surface area contributed by atoms with Gasteiger partial charge < -0.3 is 9.74 Å². The van der Waals surface area contributed by atoms with E-state index in [0.29, 0.717) is 30.2 Å². The van der Waals surface area contributed by atoms with Gasteiger partial charge in [0, 0.05) is 18.5 Å². The molecule has 7 nitrogen and oxygen atoms in total. The number of piperidine rings is 1. The van der Waals surface area contributed by atoms with Gasteiger partial charge in [0.15, 0.2) is 11.5 Å². The molecule has 0 unspecified atom stereocenters. The molecule has 1 heterocycles. The minimum Gasteiger partial charge on any atom is -0.357 e. The molecule has 1 saturated carbocycles. The predicted octanol–water partition coefficient (Wildman–Crippen LogP) is 3.79. The van der Waals surface area contributed by atoms with Crippen LogP contribution in [0.1, 0.15) is 37.7 Å².